The van der Waals surface area contributed by atoms with Gasteiger partial charge < -0.3 is 14.8 Å². The molecule has 3 aromatic rings. The third-order valence-electron chi connectivity index (χ3n) is 4.76. The molecule has 1 aliphatic rings. The van der Waals surface area contributed by atoms with Gasteiger partial charge in [-0.1, -0.05) is 36.4 Å². The van der Waals surface area contributed by atoms with E-state index in [2.05, 4.69) is 20.2 Å². The Balaban J connectivity index is 1.39. The molecule has 1 aliphatic heterocycles. The molecule has 1 N–H and O–H groups in total. The van der Waals surface area contributed by atoms with Gasteiger partial charge in [-0.15, -0.1) is 0 Å². The number of nitrogens with one attached hydrogen (secondary N) is 1. The highest BCUT2D eigenvalue weighted by Crippen LogP contribution is 2.21. The summed E-state index contributed by atoms with van der Waals surface area (Å²) in [6.45, 7) is 1.44. The third kappa shape index (κ3) is 4.09. The third-order valence-corrected chi connectivity index (χ3v) is 4.76. The molecule has 1 amide bonds. The lowest BCUT2D eigenvalue weighted by Crippen LogP contribution is -2.40. The van der Waals surface area contributed by atoms with Crippen LogP contribution in [0.4, 0.5) is 5.95 Å². The maximum atomic E-state index is 12.3. The van der Waals surface area contributed by atoms with Crippen LogP contribution in [0.25, 0.3) is 11.3 Å². The number of pyridine rings is 1. The molecule has 1 fully saturated rings. The number of carbonyl (C=O) groups is 1. The number of hydrogen-bond donors (Lipinski definition) is 1. The number of carbonyl (C=O) groups excluding carboxylic acids is 1. The molecule has 1 aromatic carbocycles. The van der Waals surface area contributed by atoms with Crippen LogP contribution in [0.3, 0.4) is 0 Å². The highest BCUT2D eigenvalue weighted by atomic mass is 16.2. The monoisotopic (exact) mass is 375 g/mol. The van der Waals surface area contributed by atoms with E-state index in [1.54, 1.807) is 24.5 Å². The molecule has 0 saturated carbocycles. The van der Waals surface area contributed by atoms with Crippen molar-refractivity contribution >= 4 is 11.9 Å². The molecule has 7 nitrogen and oxygen atoms in total. The number of amides is 1. The van der Waals surface area contributed by atoms with Crippen molar-refractivity contribution in [1.82, 2.24) is 19.9 Å². The van der Waals surface area contributed by atoms with E-state index in [1.165, 1.54) is 10.6 Å². The van der Waals surface area contributed by atoms with E-state index in [1.807, 2.05) is 36.4 Å². The van der Waals surface area contributed by atoms with Crippen molar-refractivity contribution in [3.8, 4) is 11.3 Å². The van der Waals surface area contributed by atoms with Gasteiger partial charge in [0.25, 0.3) is 5.56 Å². The number of rotatable bonds is 5. The summed E-state index contributed by atoms with van der Waals surface area (Å²) in [4.78, 5) is 35.2. The summed E-state index contributed by atoms with van der Waals surface area (Å²) >= 11 is 0. The standard InChI is InChI=1S/C21H21N5O2/c27-19(15-25-12-5-4-8-20(25)28)23-17-10-13-26(14-17)21-22-11-9-18(24-21)16-6-2-1-3-7-16/h1-9,11-12,17H,10,13-15H2,(H,23,27). The summed E-state index contributed by atoms with van der Waals surface area (Å²) in [5.74, 6) is 0.497. The van der Waals surface area contributed by atoms with Gasteiger partial charge in [0, 0.05) is 43.2 Å². The largest absolute Gasteiger partial charge is 0.350 e. The van der Waals surface area contributed by atoms with Crippen molar-refractivity contribution in [1.29, 1.82) is 0 Å². The molecule has 3 heterocycles. The highest BCUT2D eigenvalue weighted by Gasteiger charge is 2.25. The molecule has 1 saturated heterocycles. The summed E-state index contributed by atoms with van der Waals surface area (Å²) in [6.07, 6.45) is 4.19. The first-order valence-electron chi connectivity index (χ1n) is 9.27. The van der Waals surface area contributed by atoms with Crippen molar-refractivity contribution in [2.24, 2.45) is 0 Å². The average Bonchev–Trinajstić information content (AvgIpc) is 3.19. The summed E-state index contributed by atoms with van der Waals surface area (Å²) in [5, 5.41) is 3.00. The fraction of sp³-hybridized carbons (Fsp3) is 0.238. The second-order valence-corrected chi connectivity index (χ2v) is 6.77. The molecule has 1 unspecified atom stereocenters. The molecule has 7 heteroatoms. The average molecular weight is 375 g/mol. The molecular formula is C21H21N5O2. The van der Waals surface area contributed by atoms with Crippen LogP contribution >= 0.6 is 0 Å². The fourth-order valence-electron chi connectivity index (χ4n) is 3.35. The normalized spacial score (nSPS) is 16.1. The predicted octanol–water partition coefficient (Wildman–Crippen LogP) is 1.70. The number of nitrogens with zero attached hydrogens (tertiary/aromatic N) is 4. The van der Waals surface area contributed by atoms with Crippen LogP contribution in [-0.4, -0.2) is 39.6 Å². The van der Waals surface area contributed by atoms with Gasteiger partial charge in [0.1, 0.15) is 6.54 Å². The zero-order valence-electron chi connectivity index (χ0n) is 15.4. The minimum absolute atomic E-state index is 0.0101. The minimum Gasteiger partial charge on any atom is -0.350 e. The SMILES string of the molecule is O=C(Cn1ccccc1=O)NC1CCN(c2nccc(-c3ccccc3)n2)C1. The Hall–Kier alpha value is -3.48. The van der Waals surface area contributed by atoms with Crippen molar-refractivity contribution in [3.63, 3.8) is 0 Å². The highest BCUT2D eigenvalue weighted by molar-refractivity contribution is 5.76. The smallest absolute Gasteiger partial charge is 0.250 e. The Morgan fingerprint density at radius 3 is 2.75 bits per heavy atom. The van der Waals surface area contributed by atoms with Gasteiger partial charge in [0.2, 0.25) is 11.9 Å². The second kappa shape index (κ2) is 8.04. The molecule has 28 heavy (non-hydrogen) atoms. The molecule has 0 aliphatic carbocycles. The summed E-state index contributed by atoms with van der Waals surface area (Å²) in [6, 6.07) is 16.7. The molecule has 0 spiro atoms. The Kier molecular flexibility index (Phi) is 5.14. The second-order valence-electron chi connectivity index (χ2n) is 6.77. The van der Waals surface area contributed by atoms with E-state index in [9.17, 15) is 9.59 Å². The van der Waals surface area contributed by atoms with E-state index >= 15 is 0 Å². The molecule has 0 bridgehead atoms. The predicted molar refractivity (Wildman–Crippen MR) is 107 cm³/mol. The van der Waals surface area contributed by atoms with Crippen LogP contribution in [0.5, 0.6) is 0 Å². The number of anilines is 1. The first-order chi connectivity index (χ1) is 13.7. The Morgan fingerprint density at radius 2 is 1.93 bits per heavy atom. The summed E-state index contributed by atoms with van der Waals surface area (Å²) in [5.41, 5.74) is 1.74. The van der Waals surface area contributed by atoms with Crippen molar-refractivity contribution in [2.75, 3.05) is 18.0 Å². The first kappa shape index (κ1) is 17.9. The Bertz CT molecular complexity index is 1020. The van der Waals surface area contributed by atoms with E-state index in [0.29, 0.717) is 12.5 Å². The molecular weight excluding hydrogens is 354 g/mol. The van der Waals surface area contributed by atoms with E-state index in [0.717, 1.165) is 24.2 Å². The maximum Gasteiger partial charge on any atom is 0.250 e. The topological polar surface area (TPSA) is 80.1 Å². The van der Waals surface area contributed by atoms with Gasteiger partial charge in [-0.3, -0.25) is 9.59 Å². The molecule has 4 rings (SSSR count). The lowest BCUT2D eigenvalue weighted by molar-refractivity contribution is -0.122. The van der Waals surface area contributed by atoms with Gasteiger partial charge in [-0.25, -0.2) is 9.97 Å². The Morgan fingerprint density at radius 1 is 1.11 bits per heavy atom. The van der Waals surface area contributed by atoms with Gasteiger partial charge >= 0.3 is 0 Å². The van der Waals surface area contributed by atoms with Crippen LogP contribution < -0.4 is 15.8 Å². The summed E-state index contributed by atoms with van der Waals surface area (Å²) in [7, 11) is 0. The first-order valence-corrected chi connectivity index (χ1v) is 9.27. The van der Waals surface area contributed by atoms with Gasteiger partial charge in [0.05, 0.1) is 5.69 Å². The quantitative estimate of drug-likeness (QED) is 0.734. The lowest BCUT2D eigenvalue weighted by atomic mass is 10.1. The van der Waals surface area contributed by atoms with Crippen molar-refractivity contribution in [3.05, 3.63) is 77.3 Å². The fourth-order valence-corrected chi connectivity index (χ4v) is 3.35. The van der Waals surface area contributed by atoms with E-state index in [-0.39, 0.29) is 24.1 Å². The van der Waals surface area contributed by atoms with Gasteiger partial charge in [-0.05, 0) is 18.6 Å². The van der Waals surface area contributed by atoms with Gasteiger partial charge in [0.15, 0.2) is 0 Å². The van der Waals surface area contributed by atoms with Crippen LogP contribution in [-0.2, 0) is 11.3 Å². The number of aromatic nitrogens is 3. The molecule has 142 valence electrons. The number of hydrogen-bond acceptors (Lipinski definition) is 5. The van der Waals surface area contributed by atoms with Crippen molar-refractivity contribution in [2.45, 2.75) is 19.0 Å². The van der Waals surface area contributed by atoms with E-state index in [4.69, 9.17) is 0 Å². The van der Waals surface area contributed by atoms with E-state index < -0.39 is 0 Å². The summed E-state index contributed by atoms with van der Waals surface area (Å²) < 4.78 is 1.40. The zero-order valence-corrected chi connectivity index (χ0v) is 15.4. The lowest BCUT2D eigenvalue weighted by Gasteiger charge is -2.17. The van der Waals surface area contributed by atoms with Crippen LogP contribution in [0.1, 0.15) is 6.42 Å². The maximum absolute atomic E-state index is 12.3. The van der Waals surface area contributed by atoms with Crippen molar-refractivity contribution < 1.29 is 4.79 Å². The minimum atomic E-state index is -0.183. The molecule has 0 radical (unpaired) electrons. The van der Waals surface area contributed by atoms with Crippen LogP contribution in [0.2, 0.25) is 0 Å². The Labute approximate surface area is 162 Å². The number of benzene rings is 1. The van der Waals surface area contributed by atoms with Gasteiger partial charge in [-0.2, -0.15) is 0 Å². The van der Waals surface area contributed by atoms with Crippen LogP contribution in [0.15, 0.2) is 71.8 Å². The zero-order chi connectivity index (χ0) is 19.3. The molecule has 2 aromatic heterocycles. The van der Waals surface area contributed by atoms with Crippen LogP contribution in [0, 0.1) is 0 Å². The molecule has 1 atom stereocenters.